The molecule has 3 nitrogen and oxygen atoms in total. The Morgan fingerprint density at radius 3 is 2.65 bits per heavy atom. The van der Waals surface area contributed by atoms with E-state index in [0.717, 1.165) is 36.7 Å². The molecule has 1 aromatic rings. The number of aromatic nitrogens is 1. The summed E-state index contributed by atoms with van der Waals surface area (Å²) >= 11 is 3.68. The van der Waals surface area contributed by atoms with Gasteiger partial charge in [-0.3, -0.25) is 4.90 Å². The number of pyridine rings is 1. The molecule has 1 N–H and O–H groups in total. The summed E-state index contributed by atoms with van der Waals surface area (Å²) in [4.78, 5) is 7.14. The molecule has 0 bridgehead atoms. The first-order valence-electron chi connectivity index (χ1n) is 7.91. The highest BCUT2D eigenvalue weighted by Crippen LogP contribution is 2.40. The third-order valence-corrected chi connectivity index (χ3v) is 5.41. The van der Waals surface area contributed by atoms with Crippen molar-refractivity contribution in [3.8, 4) is 0 Å². The van der Waals surface area contributed by atoms with E-state index in [9.17, 15) is 0 Å². The molecule has 2 aliphatic rings. The van der Waals surface area contributed by atoms with Crippen molar-refractivity contribution in [2.24, 2.45) is 5.92 Å². The number of hydrogen-bond acceptors (Lipinski definition) is 3. The van der Waals surface area contributed by atoms with Gasteiger partial charge in [-0.2, -0.15) is 0 Å². The number of nitrogens with one attached hydrogen (secondary N) is 1. The maximum atomic E-state index is 4.46. The van der Waals surface area contributed by atoms with Crippen LogP contribution in [0.1, 0.15) is 43.7 Å². The van der Waals surface area contributed by atoms with Crippen molar-refractivity contribution in [2.45, 2.75) is 38.1 Å². The lowest BCUT2D eigenvalue weighted by atomic mass is 9.80. The van der Waals surface area contributed by atoms with Gasteiger partial charge in [0.2, 0.25) is 0 Å². The first-order valence-corrected chi connectivity index (χ1v) is 8.71. The zero-order chi connectivity index (χ0) is 13.8. The SMILES string of the molecule is Brc1ncccc1[C@@H](C1CCCCC1)N1CCNCC1. The molecule has 2 fully saturated rings. The molecule has 1 saturated heterocycles. The molecule has 0 radical (unpaired) electrons. The van der Waals surface area contributed by atoms with Crippen LogP contribution in [-0.4, -0.2) is 36.1 Å². The van der Waals surface area contributed by atoms with Crippen LogP contribution >= 0.6 is 15.9 Å². The van der Waals surface area contributed by atoms with Crippen LogP contribution in [0.4, 0.5) is 0 Å². The van der Waals surface area contributed by atoms with Crippen LogP contribution in [0.2, 0.25) is 0 Å². The molecule has 2 heterocycles. The average molecular weight is 338 g/mol. The molecule has 0 spiro atoms. The highest BCUT2D eigenvalue weighted by Gasteiger charge is 2.32. The number of rotatable bonds is 3. The zero-order valence-corrected chi connectivity index (χ0v) is 13.6. The largest absolute Gasteiger partial charge is 0.314 e. The second-order valence-electron chi connectivity index (χ2n) is 6.01. The van der Waals surface area contributed by atoms with Crippen molar-refractivity contribution >= 4 is 15.9 Å². The molecule has 0 aromatic carbocycles. The van der Waals surface area contributed by atoms with Crippen LogP contribution in [0.25, 0.3) is 0 Å². The first kappa shape index (κ1) is 14.5. The van der Waals surface area contributed by atoms with E-state index in [1.165, 1.54) is 37.7 Å². The molecule has 1 aliphatic carbocycles. The van der Waals surface area contributed by atoms with Crippen LogP contribution in [-0.2, 0) is 0 Å². The number of nitrogens with zero attached hydrogens (tertiary/aromatic N) is 2. The van der Waals surface area contributed by atoms with Crippen molar-refractivity contribution < 1.29 is 0 Å². The third kappa shape index (κ3) is 3.23. The molecule has 1 aliphatic heterocycles. The van der Waals surface area contributed by atoms with Gasteiger partial charge in [0.25, 0.3) is 0 Å². The monoisotopic (exact) mass is 337 g/mol. The Bertz CT molecular complexity index is 407. The maximum Gasteiger partial charge on any atom is 0.110 e. The van der Waals surface area contributed by atoms with Gasteiger partial charge in [-0.15, -0.1) is 0 Å². The molecule has 0 unspecified atom stereocenters. The molecular weight excluding hydrogens is 314 g/mol. The fourth-order valence-corrected chi connectivity index (χ4v) is 4.26. The van der Waals surface area contributed by atoms with Crippen molar-refractivity contribution in [3.63, 3.8) is 0 Å². The lowest BCUT2D eigenvalue weighted by Crippen LogP contribution is -2.47. The lowest BCUT2D eigenvalue weighted by Gasteiger charge is -2.41. The van der Waals surface area contributed by atoms with Gasteiger partial charge >= 0.3 is 0 Å². The van der Waals surface area contributed by atoms with Gasteiger partial charge in [0, 0.05) is 44.0 Å². The predicted octanol–water partition coefficient (Wildman–Crippen LogP) is 3.37. The molecular formula is C16H24BrN3. The van der Waals surface area contributed by atoms with Crippen molar-refractivity contribution in [1.82, 2.24) is 15.2 Å². The summed E-state index contributed by atoms with van der Waals surface area (Å²) in [5.41, 5.74) is 1.39. The summed E-state index contributed by atoms with van der Waals surface area (Å²) in [5, 5.41) is 3.47. The Labute approximate surface area is 130 Å². The minimum absolute atomic E-state index is 0.542. The smallest absolute Gasteiger partial charge is 0.110 e. The van der Waals surface area contributed by atoms with Gasteiger partial charge in [0.15, 0.2) is 0 Å². The van der Waals surface area contributed by atoms with E-state index in [4.69, 9.17) is 0 Å². The lowest BCUT2D eigenvalue weighted by molar-refractivity contribution is 0.102. The Morgan fingerprint density at radius 1 is 1.20 bits per heavy atom. The number of piperazine rings is 1. The minimum Gasteiger partial charge on any atom is -0.314 e. The molecule has 0 amide bonds. The molecule has 110 valence electrons. The fourth-order valence-electron chi connectivity index (χ4n) is 3.78. The van der Waals surface area contributed by atoms with Crippen LogP contribution in [0, 0.1) is 5.92 Å². The van der Waals surface area contributed by atoms with Gasteiger partial charge in [-0.25, -0.2) is 4.98 Å². The molecule has 3 rings (SSSR count). The van der Waals surface area contributed by atoms with Crippen molar-refractivity contribution in [2.75, 3.05) is 26.2 Å². The van der Waals surface area contributed by atoms with E-state index < -0.39 is 0 Å². The molecule has 1 aromatic heterocycles. The standard InChI is InChI=1S/C16H24BrN3/c17-16-14(7-4-8-19-16)15(13-5-2-1-3-6-13)20-11-9-18-10-12-20/h4,7-8,13,15,18H,1-3,5-6,9-12H2/t15-/m1/s1. The van der Waals surface area contributed by atoms with E-state index in [0.29, 0.717) is 6.04 Å². The van der Waals surface area contributed by atoms with Crippen LogP contribution < -0.4 is 5.32 Å². The van der Waals surface area contributed by atoms with Crippen molar-refractivity contribution in [3.05, 3.63) is 28.5 Å². The first-order chi connectivity index (χ1) is 9.86. The van der Waals surface area contributed by atoms with Gasteiger partial charge in [-0.05, 0) is 40.8 Å². The van der Waals surface area contributed by atoms with Crippen LogP contribution in [0.5, 0.6) is 0 Å². The van der Waals surface area contributed by atoms with E-state index in [2.05, 4.69) is 43.3 Å². The molecule has 1 saturated carbocycles. The van der Waals surface area contributed by atoms with E-state index >= 15 is 0 Å². The maximum absolute atomic E-state index is 4.46. The molecule has 1 atom stereocenters. The summed E-state index contributed by atoms with van der Waals surface area (Å²) in [6.45, 7) is 4.53. The summed E-state index contributed by atoms with van der Waals surface area (Å²) in [6.07, 6.45) is 8.82. The Morgan fingerprint density at radius 2 is 1.95 bits per heavy atom. The summed E-state index contributed by atoms with van der Waals surface area (Å²) in [7, 11) is 0. The van der Waals surface area contributed by atoms with E-state index in [1.807, 2.05) is 6.20 Å². The second kappa shape index (κ2) is 7.01. The fraction of sp³-hybridized carbons (Fsp3) is 0.688. The zero-order valence-electron chi connectivity index (χ0n) is 12.0. The van der Waals surface area contributed by atoms with Gasteiger partial charge in [0.05, 0.1) is 0 Å². The summed E-state index contributed by atoms with van der Waals surface area (Å²) in [5.74, 6) is 0.794. The second-order valence-corrected chi connectivity index (χ2v) is 6.76. The number of halogens is 1. The highest BCUT2D eigenvalue weighted by atomic mass is 79.9. The number of hydrogen-bond donors (Lipinski definition) is 1. The topological polar surface area (TPSA) is 28.2 Å². The van der Waals surface area contributed by atoms with Crippen LogP contribution in [0.15, 0.2) is 22.9 Å². The normalized spacial score (nSPS) is 23.6. The van der Waals surface area contributed by atoms with Gasteiger partial charge in [0.1, 0.15) is 4.60 Å². The predicted molar refractivity (Wildman–Crippen MR) is 85.7 cm³/mol. The summed E-state index contributed by atoms with van der Waals surface area (Å²) in [6, 6.07) is 4.89. The average Bonchev–Trinajstić information content (AvgIpc) is 2.52. The quantitative estimate of drug-likeness (QED) is 0.857. The Kier molecular flexibility index (Phi) is 5.08. The van der Waals surface area contributed by atoms with Crippen molar-refractivity contribution in [1.29, 1.82) is 0 Å². The van der Waals surface area contributed by atoms with Gasteiger partial charge < -0.3 is 5.32 Å². The molecule has 20 heavy (non-hydrogen) atoms. The van der Waals surface area contributed by atoms with E-state index in [1.54, 1.807) is 0 Å². The summed E-state index contributed by atoms with van der Waals surface area (Å²) < 4.78 is 1.04. The van der Waals surface area contributed by atoms with Gasteiger partial charge in [-0.1, -0.05) is 25.3 Å². The Balaban J connectivity index is 1.87. The highest BCUT2D eigenvalue weighted by molar-refractivity contribution is 9.10. The third-order valence-electron chi connectivity index (χ3n) is 4.75. The molecule has 4 heteroatoms. The van der Waals surface area contributed by atoms with Crippen LogP contribution in [0.3, 0.4) is 0 Å². The van der Waals surface area contributed by atoms with E-state index in [-0.39, 0.29) is 0 Å². The minimum atomic E-state index is 0.542. The Hall–Kier alpha value is -0.450.